The number of phenolic OH excluding ortho intramolecular Hbond substituents is 1. The number of anilines is 1. The van der Waals surface area contributed by atoms with Gasteiger partial charge in [0.25, 0.3) is 5.91 Å². The van der Waals surface area contributed by atoms with Crippen molar-refractivity contribution in [2.24, 2.45) is 0 Å². The molecule has 1 atom stereocenters. The molecule has 206 valence electrons. The number of nitrogens with zero attached hydrogens (tertiary/aromatic N) is 2. The monoisotopic (exact) mass is 550 g/mol. The lowest BCUT2D eigenvalue weighted by molar-refractivity contribution is 0.0726. The van der Waals surface area contributed by atoms with E-state index in [1.165, 1.54) is 36.0 Å². The third-order valence-corrected chi connectivity index (χ3v) is 8.12. The van der Waals surface area contributed by atoms with Crippen LogP contribution in [-0.4, -0.2) is 47.1 Å². The van der Waals surface area contributed by atoms with E-state index < -0.39 is 11.9 Å². The van der Waals surface area contributed by atoms with Gasteiger partial charge in [0.1, 0.15) is 23.4 Å². The number of aromatic nitrogens is 1. The maximum atomic E-state index is 14.4. The molecule has 1 amide bonds. The summed E-state index contributed by atoms with van der Waals surface area (Å²) in [6.45, 7) is 4.15. The van der Waals surface area contributed by atoms with E-state index in [0.717, 1.165) is 42.9 Å². The number of rotatable bonds is 5. The Bertz CT molecular complexity index is 1780. The number of aromatic amines is 1. The fourth-order valence-corrected chi connectivity index (χ4v) is 6.02. The summed E-state index contributed by atoms with van der Waals surface area (Å²) in [5, 5.41) is 14.8. The molecule has 2 aliphatic rings. The van der Waals surface area contributed by atoms with E-state index in [9.17, 15) is 18.7 Å². The quantitative estimate of drug-likeness (QED) is 0.252. The lowest BCUT2D eigenvalue weighted by atomic mass is 10.00. The van der Waals surface area contributed by atoms with Gasteiger partial charge in [-0.25, -0.2) is 8.78 Å². The maximum absolute atomic E-state index is 14.4. The molecule has 7 rings (SSSR count). The molecule has 1 saturated heterocycles. The fraction of sp³-hybridized carbons (Fsp3) is 0.182. The van der Waals surface area contributed by atoms with Crippen LogP contribution in [0.2, 0.25) is 0 Å². The van der Waals surface area contributed by atoms with E-state index in [1.54, 1.807) is 17.0 Å². The standard InChI is InChI=1S/C33H28F2N4O2/c34-24-5-9-29-23(15-24)17-30(37-29)32(28-18-25(35)6-10-31(28)40)39-19-22-2-1-21(16-27(22)33(39)41)20-3-7-26(8-4-20)38-13-11-36-12-14-38/h1-10,15-18,32,36-37,40H,11-14,19H2. The highest BCUT2D eigenvalue weighted by Crippen LogP contribution is 2.41. The molecule has 8 heteroatoms. The second-order valence-electron chi connectivity index (χ2n) is 10.7. The molecule has 1 unspecified atom stereocenters. The number of carbonyl (C=O) groups excluding carboxylic acids is 1. The van der Waals surface area contributed by atoms with Crippen molar-refractivity contribution in [2.75, 3.05) is 31.1 Å². The molecule has 2 aliphatic heterocycles. The first-order valence-electron chi connectivity index (χ1n) is 13.7. The Morgan fingerprint density at radius 2 is 1.54 bits per heavy atom. The molecule has 0 bridgehead atoms. The molecule has 41 heavy (non-hydrogen) atoms. The van der Waals surface area contributed by atoms with Gasteiger partial charge >= 0.3 is 0 Å². The summed E-state index contributed by atoms with van der Waals surface area (Å²) >= 11 is 0. The summed E-state index contributed by atoms with van der Waals surface area (Å²) in [6.07, 6.45) is 0. The van der Waals surface area contributed by atoms with E-state index in [2.05, 4.69) is 39.5 Å². The lowest BCUT2D eigenvalue weighted by Crippen LogP contribution is -2.43. The predicted molar refractivity (Wildman–Crippen MR) is 155 cm³/mol. The van der Waals surface area contributed by atoms with Crippen LogP contribution in [-0.2, 0) is 6.54 Å². The largest absolute Gasteiger partial charge is 0.508 e. The van der Waals surface area contributed by atoms with Crippen LogP contribution in [0.3, 0.4) is 0 Å². The van der Waals surface area contributed by atoms with Crippen molar-refractivity contribution in [2.45, 2.75) is 12.6 Å². The molecule has 4 aromatic carbocycles. The Morgan fingerprint density at radius 3 is 2.34 bits per heavy atom. The zero-order valence-corrected chi connectivity index (χ0v) is 22.2. The van der Waals surface area contributed by atoms with Crippen LogP contribution in [0.15, 0.2) is 84.9 Å². The van der Waals surface area contributed by atoms with E-state index in [1.807, 2.05) is 18.2 Å². The van der Waals surface area contributed by atoms with Gasteiger partial charge < -0.3 is 25.2 Å². The van der Waals surface area contributed by atoms with Crippen LogP contribution in [0.4, 0.5) is 14.5 Å². The average molecular weight is 551 g/mol. The van der Waals surface area contributed by atoms with E-state index in [0.29, 0.717) is 22.2 Å². The van der Waals surface area contributed by atoms with Gasteiger partial charge in [0.2, 0.25) is 0 Å². The Hall–Kier alpha value is -4.69. The van der Waals surface area contributed by atoms with Crippen molar-refractivity contribution in [1.82, 2.24) is 15.2 Å². The van der Waals surface area contributed by atoms with Gasteiger partial charge in [-0.15, -0.1) is 0 Å². The molecule has 5 aromatic rings. The number of amides is 1. The molecule has 0 spiro atoms. The first-order chi connectivity index (χ1) is 19.9. The number of hydrogen-bond donors (Lipinski definition) is 3. The summed E-state index contributed by atoms with van der Waals surface area (Å²) in [5.41, 5.74) is 6.01. The van der Waals surface area contributed by atoms with Crippen molar-refractivity contribution in [3.63, 3.8) is 0 Å². The smallest absolute Gasteiger partial charge is 0.255 e. The summed E-state index contributed by atoms with van der Waals surface area (Å²) in [6, 6.07) is 23.3. The molecule has 0 aliphatic carbocycles. The van der Waals surface area contributed by atoms with Crippen molar-refractivity contribution in [3.05, 3.63) is 119 Å². The molecular weight excluding hydrogens is 522 g/mol. The minimum atomic E-state index is -0.817. The van der Waals surface area contributed by atoms with Crippen LogP contribution in [0, 0.1) is 11.6 Å². The second-order valence-corrected chi connectivity index (χ2v) is 10.7. The lowest BCUT2D eigenvalue weighted by Gasteiger charge is -2.29. The zero-order chi connectivity index (χ0) is 28.1. The molecule has 0 saturated carbocycles. The van der Waals surface area contributed by atoms with E-state index in [-0.39, 0.29) is 29.6 Å². The molecule has 3 N–H and O–H groups in total. The second kappa shape index (κ2) is 10.1. The number of H-pyrrole nitrogens is 1. The highest BCUT2D eigenvalue weighted by molar-refractivity contribution is 6.00. The van der Waals surface area contributed by atoms with Gasteiger partial charge in [-0.3, -0.25) is 4.79 Å². The highest BCUT2D eigenvalue weighted by atomic mass is 19.1. The van der Waals surface area contributed by atoms with Crippen molar-refractivity contribution in [1.29, 1.82) is 0 Å². The minimum Gasteiger partial charge on any atom is -0.508 e. The summed E-state index contributed by atoms with van der Waals surface area (Å²) in [5.74, 6) is -1.26. The maximum Gasteiger partial charge on any atom is 0.255 e. The molecule has 6 nitrogen and oxygen atoms in total. The molecule has 1 aromatic heterocycles. The Morgan fingerprint density at radius 1 is 0.805 bits per heavy atom. The number of fused-ring (bicyclic) bond motifs is 2. The number of carbonyl (C=O) groups is 1. The first-order valence-corrected chi connectivity index (χ1v) is 13.7. The van der Waals surface area contributed by atoms with Crippen LogP contribution < -0.4 is 10.2 Å². The van der Waals surface area contributed by atoms with Gasteiger partial charge in [-0.1, -0.05) is 24.3 Å². The summed E-state index contributed by atoms with van der Waals surface area (Å²) in [4.78, 5) is 21.2. The summed E-state index contributed by atoms with van der Waals surface area (Å²) < 4.78 is 28.4. The van der Waals surface area contributed by atoms with Gasteiger partial charge in [-0.05, 0) is 77.4 Å². The third kappa shape index (κ3) is 4.60. The topological polar surface area (TPSA) is 71.6 Å². The van der Waals surface area contributed by atoms with Gasteiger partial charge in [0.05, 0.1) is 0 Å². The van der Waals surface area contributed by atoms with Crippen molar-refractivity contribution in [3.8, 4) is 16.9 Å². The number of phenols is 1. The van der Waals surface area contributed by atoms with Crippen molar-refractivity contribution < 1.29 is 18.7 Å². The third-order valence-electron chi connectivity index (χ3n) is 8.12. The number of halogens is 2. The fourth-order valence-electron chi connectivity index (χ4n) is 6.02. The van der Waals surface area contributed by atoms with Crippen LogP contribution >= 0.6 is 0 Å². The molecule has 3 heterocycles. The predicted octanol–water partition coefficient (Wildman–Crippen LogP) is 5.97. The zero-order valence-electron chi connectivity index (χ0n) is 22.2. The number of piperazine rings is 1. The first kappa shape index (κ1) is 25.3. The number of hydrogen-bond acceptors (Lipinski definition) is 4. The van der Waals surface area contributed by atoms with Crippen LogP contribution in [0.1, 0.15) is 33.2 Å². The highest BCUT2D eigenvalue weighted by Gasteiger charge is 2.37. The molecule has 1 fully saturated rings. The van der Waals surface area contributed by atoms with Gasteiger partial charge in [0, 0.05) is 66.1 Å². The molecular formula is C33H28F2N4O2. The Labute approximate surface area is 235 Å². The normalized spacial score (nSPS) is 15.9. The van der Waals surface area contributed by atoms with E-state index in [4.69, 9.17) is 0 Å². The minimum absolute atomic E-state index is 0.129. The Kier molecular flexibility index (Phi) is 6.20. The average Bonchev–Trinajstić information content (AvgIpc) is 3.55. The van der Waals surface area contributed by atoms with Crippen LogP contribution in [0.5, 0.6) is 5.75 Å². The SMILES string of the molecule is O=C1c2cc(-c3ccc(N4CCNCC4)cc3)ccc2CN1C(c1cc2cc(F)ccc2[nH]1)c1cc(F)ccc1O. The van der Waals surface area contributed by atoms with Gasteiger partial charge in [0.15, 0.2) is 0 Å². The summed E-state index contributed by atoms with van der Waals surface area (Å²) in [7, 11) is 0. The number of benzene rings is 4. The van der Waals surface area contributed by atoms with Crippen LogP contribution in [0.25, 0.3) is 22.0 Å². The molecule has 0 radical (unpaired) electrons. The van der Waals surface area contributed by atoms with Gasteiger partial charge in [-0.2, -0.15) is 0 Å². The Balaban J connectivity index is 1.24. The number of aromatic hydroxyl groups is 1. The van der Waals surface area contributed by atoms with E-state index >= 15 is 0 Å². The number of nitrogens with one attached hydrogen (secondary N) is 2. The van der Waals surface area contributed by atoms with Crippen molar-refractivity contribution >= 4 is 22.5 Å².